The van der Waals surface area contributed by atoms with Crippen LogP contribution < -0.4 is 4.74 Å². The first-order valence-electron chi connectivity index (χ1n) is 9.72. The quantitative estimate of drug-likeness (QED) is 0.332. The second-order valence-electron chi connectivity index (χ2n) is 8.27. The third-order valence-corrected chi connectivity index (χ3v) is 5.99. The second-order valence-corrected chi connectivity index (χ2v) is 8.27. The lowest BCUT2D eigenvalue weighted by Gasteiger charge is -2.52. The molecular formula is C21H29NO5. The van der Waals surface area contributed by atoms with Gasteiger partial charge in [0.05, 0.1) is 6.61 Å². The van der Waals surface area contributed by atoms with Crippen molar-refractivity contribution < 1.29 is 19.8 Å². The summed E-state index contributed by atoms with van der Waals surface area (Å²) in [6.45, 7) is 6.22. The van der Waals surface area contributed by atoms with Crippen molar-refractivity contribution in [3.63, 3.8) is 0 Å². The molecule has 6 nitrogen and oxygen atoms in total. The van der Waals surface area contributed by atoms with Gasteiger partial charge >= 0.3 is 0 Å². The Hall–Kier alpha value is -2.08. The third kappa shape index (κ3) is 3.95. The van der Waals surface area contributed by atoms with Crippen LogP contribution in [0.4, 0.5) is 0 Å². The van der Waals surface area contributed by atoms with E-state index in [-0.39, 0.29) is 12.5 Å². The molecule has 3 rings (SSSR count). The van der Waals surface area contributed by atoms with Gasteiger partial charge in [0.15, 0.2) is 0 Å². The minimum atomic E-state index is -0.891. The molecule has 0 amide bonds. The number of rotatable bonds is 7. The van der Waals surface area contributed by atoms with Crippen LogP contribution in [0.2, 0.25) is 0 Å². The normalized spacial score (nSPS) is 25.6. The van der Waals surface area contributed by atoms with Gasteiger partial charge in [0.2, 0.25) is 0 Å². The smallest absolute Gasteiger partial charge is 0.294 e. The topological polar surface area (TPSA) is 81.8 Å². The van der Waals surface area contributed by atoms with Crippen molar-refractivity contribution in [1.82, 2.24) is 0 Å². The summed E-state index contributed by atoms with van der Waals surface area (Å²) in [5.41, 5.74) is 2.01. The number of hydrogen-bond donors (Lipinski definition) is 1. The molecule has 0 saturated carbocycles. The van der Waals surface area contributed by atoms with Gasteiger partial charge in [-0.15, -0.1) is 10.1 Å². The van der Waals surface area contributed by atoms with Crippen LogP contribution >= 0.6 is 0 Å². The third-order valence-electron chi connectivity index (χ3n) is 5.99. The Balaban J connectivity index is 1.70. The number of aliphatic hydroxyl groups is 1. The van der Waals surface area contributed by atoms with Crippen molar-refractivity contribution in [3.8, 4) is 5.75 Å². The lowest BCUT2D eigenvalue weighted by molar-refractivity contribution is -0.757. The average molecular weight is 375 g/mol. The Labute approximate surface area is 160 Å². The molecule has 1 aliphatic heterocycles. The van der Waals surface area contributed by atoms with Crippen LogP contribution in [0.5, 0.6) is 5.75 Å². The first kappa shape index (κ1) is 19.7. The van der Waals surface area contributed by atoms with Crippen molar-refractivity contribution in [1.29, 1.82) is 0 Å². The summed E-state index contributed by atoms with van der Waals surface area (Å²) in [4.78, 5) is 14.5. The van der Waals surface area contributed by atoms with Crippen molar-refractivity contribution in [2.24, 2.45) is 0 Å². The van der Waals surface area contributed by atoms with Crippen LogP contribution in [0.1, 0.15) is 69.9 Å². The van der Waals surface area contributed by atoms with Crippen LogP contribution in [-0.2, 0) is 11.3 Å². The molecule has 27 heavy (non-hydrogen) atoms. The summed E-state index contributed by atoms with van der Waals surface area (Å²) in [5.74, 6) is 0.813. The zero-order chi connectivity index (χ0) is 19.7. The van der Waals surface area contributed by atoms with E-state index in [1.807, 2.05) is 13.8 Å². The Morgan fingerprint density at radius 2 is 2.11 bits per heavy atom. The van der Waals surface area contributed by atoms with Gasteiger partial charge in [-0.25, -0.2) is 0 Å². The van der Waals surface area contributed by atoms with E-state index in [1.54, 1.807) is 0 Å². The van der Waals surface area contributed by atoms with Gasteiger partial charge in [-0.3, -0.25) is 0 Å². The standard InChI is InChI=1S/C21H29NO5/c1-15-10-11-21(23)18(13-15)17-9-8-16(14-19(17)27-20(21,2)3)7-5-4-6-12-26-22(24)25/h8-9,13-14,18,23H,4-7,10-12H2,1-3H3. The van der Waals surface area contributed by atoms with Gasteiger partial charge in [-0.1, -0.05) is 30.2 Å². The molecule has 2 aliphatic rings. The summed E-state index contributed by atoms with van der Waals surface area (Å²) in [6, 6.07) is 6.27. The maximum atomic E-state index is 11.4. The highest BCUT2D eigenvalue weighted by molar-refractivity contribution is 5.48. The number of benzene rings is 1. The highest BCUT2D eigenvalue weighted by atomic mass is 16.9. The van der Waals surface area contributed by atoms with Crippen molar-refractivity contribution in [2.45, 2.75) is 76.4 Å². The maximum Gasteiger partial charge on any atom is 0.294 e. The van der Waals surface area contributed by atoms with Crippen molar-refractivity contribution in [2.75, 3.05) is 6.61 Å². The summed E-state index contributed by atoms with van der Waals surface area (Å²) < 4.78 is 6.26. The van der Waals surface area contributed by atoms with E-state index in [2.05, 4.69) is 36.0 Å². The van der Waals surface area contributed by atoms with Crippen LogP contribution in [0, 0.1) is 10.1 Å². The Bertz CT molecular complexity index is 742. The van der Waals surface area contributed by atoms with Crippen molar-refractivity contribution in [3.05, 3.63) is 51.1 Å². The van der Waals surface area contributed by atoms with Crippen molar-refractivity contribution >= 4 is 0 Å². The first-order valence-corrected chi connectivity index (χ1v) is 9.72. The summed E-state index contributed by atoms with van der Waals surface area (Å²) in [6.07, 6.45) is 7.18. The minimum absolute atomic E-state index is 0.0432. The number of ether oxygens (including phenoxy) is 1. The van der Waals surface area contributed by atoms with E-state index in [0.29, 0.717) is 12.8 Å². The Kier molecular flexibility index (Phi) is 5.47. The SMILES string of the molecule is CC1=CC2c3ccc(CCCCCO[N+](=O)[O-])cc3OC(C)(C)C2(O)CC1. The fraction of sp³-hybridized carbons (Fsp3) is 0.619. The Morgan fingerprint density at radius 3 is 2.85 bits per heavy atom. The molecule has 0 radical (unpaired) electrons. The molecule has 1 heterocycles. The zero-order valence-corrected chi connectivity index (χ0v) is 16.4. The number of unbranched alkanes of at least 4 members (excludes halogenated alkanes) is 2. The molecule has 0 saturated heterocycles. The molecule has 2 unspecified atom stereocenters. The molecule has 0 aromatic heterocycles. The van der Waals surface area contributed by atoms with Gasteiger partial charge in [0.25, 0.3) is 5.09 Å². The van der Waals surface area contributed by atoms with E-state index < -0.39 is 16.3 Å². The minimum Gasteiger partial charge on any atom is -0.485 e. The second kappa shape index (κ2) is 7.50. The number of fused-ring (bicyclic) bond motifs is 3. The molecule has 6 heteroatoms. The van der Waals surface area contributed by atoms with E-state index in [4.69, 9.17) is 4.74 Å². The average Bonchev–Trinajstić information content (AvgIpc) is 2.59. The van der Waals surface area contributed by atoms with Gasteiger partial charge in [-0.2, -0.15) is 0 Å². The summed E-state index contributed by atoms with van der Waals surface area (Å²) in [7, 11) is 0. The number of hydrogen-bond acceptors (Lipinski definition) is 5. The van der Waals surface area contributed by atoms with Gasteiger partial charge in [0, 0.05) is 11.5 Å². The monoisotopic (exact) mass is 375 g/mol. The lowest BCUT2D eigenvalue weighted by Crippen LogP contribution is -2.60. The largest absolute Gasteiger partial charge is 0.485 e. The fourth-order valence-electron chi connectivity index (χ4n) is 4.26. The molecule has 1 N–H and O–H groups in total. The molecule has 148 valence electrons. The van der Waals surface area contributed by atoms with E-state index in [1.165, 1.54) is 11.1 Å². The number of nitrogens with zero attached hydrogens (tertiary/aromatic N) is 1. The molecular weight excluding hydrogens is 346 g/mol. The molecule has 2 atom stereocenters. The van der Waals surface area contributed by atoms with Gasteiger partial charge in [-0.05, 0) is 64.5 Å². The van der Waals surface area contributed by atoms with E-state index in [0.717, 1.165) is 37.0 Å². The molecule has 0 fully saturated rings. The Morgan fingerprint density at radius 1 is 1.33 bits per heavy atom. The lowest BCUT2D eigenvalue weighted by atomic mass is 9.64. The molecule has 1 aromatic rings. The van der Waals surface area contributed by atoms with Crippen LogP contribution in [0.15, 0.2) is 29.8 Å². The first-order chi connectivity index (χ1) is 12.7. The highest BCUT2D eigenvalue weighted by Gasteiger charge is 2.55. The van der Waals surface area contributed by atoms with Crippen LogP contribution in [0.3, 0.4) is 0 Å². The molecule has 1 aliphatic carbocycles. The molecule has 0 bridgehead atoms. The van der Waals surface area contributed by atoms with E-state index in [9.17, 15) is 15.2 Å². The number of allylic oxidation sites excluding steroid dienone is 1. The molecule has 0 spiro atoms. The van der Waals surface area contributed by atoms with Gasteiger partial charge in [0.1, 0.15) is 17.0 Å². The van der Waals surface area contributed by atoms with Crippen LogP contribution in [-0.4, -0.2) is 28.0 Å². The fourth-order valence-corrected chi connectivity index (χ4v) is 4.26. The summed E-state index contributed by atoms with van der Waals surface area (Å²) >= 11 is 0. The predicted molar refractivity (Wildman–Crippen MR) is 102 cm³/mol. The van der Waals surface area contributed by atoms with Crippen LogP contribution in [0.25, 0.3) is 0 Å². The number of aryl methyl sites for hydroxylation is 1. The predicted octanol–water partition coefficient (Wildman–Crippen LogP) is 4.33. The van der Waals surface area contributed by atoms with Gasteiger partial charge < -0.3 is 14.7 Å². The molecule has 1 aromatic carbocycles. The highest BCUT2D eigenvalue weighted by Crippen LogP contribution is 2.53. The van der Waals surface area contributed by atoms with E-state index >= 15 is 0 Å². The summed E-state index contributed by atoms with van der Waals surface area (Å²) in [5, 5.41) is 20.8. The maximum absolute atomic E-state index is 11.4. The zero-order valence-electron chi connectivity index (χ0n) is 16.4.